The molecule has 0 aliphatic rings. The molecular formula is C7H13N7. The molecule has 0 spiro atoms. The Kier molecular flexibility index (Phi) is 3.71. The number of hydrogen-bond donors (Lipinski definition) is 2. The predicted molar refractivity (Wildman–Crippen MR) is 49.4 cm³/mol. The van der Waals surface area contributed by atoms with Gasteiger partial charge in [-0.05, 0) is 6.92 Å². The molecule has 7 nitrogen and oxygen atoms in total. The maximum atomic E-state index is 3.77. The van der Waals surface area contributed by atoms with Gasteiger partial charge in [0.1, 0.15) is 12.2 Å². The van der Waals surface area contributed by atoms with Crippen molar-refractivity contribution in [3.8, 4) is 0 Å². The lowest BCUT2D eigenvalue weighted by Gasteiger charge is -1.90. The van der Waals surface area contributed by atoms with E-state index in [1.165, 1.54) is 6.33 Å². The molecule has 7 heteroatoms. The Balaban J connectivity index is 0.000000146. The van der Waals surface area contributed by atoms with E-state index in [-0.39, 0.29) is 0 Å². The second-order valence-electron chi connectivity index (χ2n) is 3.00. The summed E-state index contributed by atoms with van der Waals surface area (Å²) in [7, 11) is 0. The fourth-order valence-electron chi connectivity index (χ4n) is 0.681. The third kappa shape index (κ3) is 3.30. The predicted octanol–water partition coefficient (Wildman–Crippen LogP) is 0.436. The number of aromatic amines is 2. The van der Waals surface area contributed by atoms with Gasteiger partial charge in [0, 0.05) is 5.92 Å². The van der Waals surface area contributed by atoms with Crippen LogP contribution in [0.5, 0.6) is 0 Å². The van der Waals surface area contributed by atoms with Crippen LogP contribution in [0.4, 0.5) is 0 Å². The second-order valence-corrected chi connectivity index (χ2v) is 3.00. The molecule has 2 N–H and O–H groups in total. The highest BCUT2D eigenvalue weighted by Crippen LogP contribution is 2.03. The maximum Gasteiger partial charge on any atom is 0.177 e. The van der Waals surface area contributed by atoms with E-state index in [1.54, 1.807) is 0 Å². The van der Waals surface area contributed by atoms with Crippen molar-refractivity contribution in [3.05, 3.63) is 18.0 Å². The van der Waals surface area contributed by atoms with E-state index in [2.05, 4.69) is 35.8 Å². The Bertz CT molecular complexity index is 323. The number of nitrogens with zero attached hydrogens (tertiary/aromatic N) is 5. The number of nitrogens with one attached hydrogen (secondary N) is 2. The molecule has 0 radical (unpaired) electrons. The van der Waals surface area contributed by atoms with E-state index >= 15 is 0 Å². The molecule has 0 unspecified atom stereocenters. The summed E-state index contributed by atoms with van der Waals surface area (Å²) >= 11 is 0. The van der Waals surface area contributed by atoms with Crippen molar-refractivity contribution < 1.29 is 0 Å². The van der Waals surface area contributed by atoms with E-state index in [4.69, 9.17) is 0 Å². The molecule has 0 fully saturated rings. The Morgan fingerprint density at radius 1 is 1.36 bits per heavy atom. The van der Waals surface area contributed by atoms with E-state index < -0.39 is 0 Å². The van der Waals surface area contributed by atoms with E-state index in [0.29, 0.717) is 5.92 Å². The lowest BCUT2D eigenvalue weighted by molar-refractivity contribution is 0.778. The molecule has 0 aliphatic carbocycles. The molecule has 2 aromatic rings. The van der Waals surface area contributed by atoms with Gasteiger partial charge in [0.05, 0.1) is 0 Å². The van der Waals surface area contributed by atoms with Gasteiger partial charge in [-0.25, -0.2) is 4.98 Å². The first-order valence-corrected chi connectivity index (χ1v) is 4.25. The Labute approximate surface area is 81.3 Å². The molecule has 14 heavy (non-hydrogen) atoms. The zero-order valence-electron chi connectivity index (χ0n) is 8.39. The summed E-state index contributed by atoms with van der Waals surface area (Å²) in [6, 6.07) is 0. The Hall–Kier alpha value is -1.79. The molecule has 0 saturated heterocycles. The van der Waals surface area contributed by atoms with Crippen LogP contribution in [-0.4, -0.2) is 35.8 Å². The first kappa shape index (κ1) is 10.3. The van der Waals surface area contributed by atoms with E-state index in [1.807, 2.05) is 20.8 Å². The van der Waals surface area contributed by atoms with Crippen molar-refractivity contribution in [1.82, 2.24) is 35.8 Å². The lowest BCUT2D eigenvalue weighted by Crippen LogP contribution is -1.88. The molecule has 2 heterocycles. The average molecular weight is 195 g/mol. The minimum absolute atomic E-state index is 0.369. The minimum atomic E-state index is 0.369. The zero-order chi connectivity index (χ0) is 10.4. The second kappa shape index (κ2) is 5.05. The number of H-pyrrole nitrogens is 2. The van der Waals surface area contributed by atoms with Crippen LogP contribution < -0.4 is 0 Å². The summed E-state index contributed by atoms with van der Waals surface area (Å²) in [5, 5.41) is 19.5. The monoisotopic (exact) mass is 195 g/mol. The number of tetrazole rings is 1. The van der Waals surface area contributed by atoms with E-state index in [9.17, 15) is 0 Å². The topological polar surface area (TPSA) is 96.0 Å². The molecule has 2 aromatic heterocycles. The third-order valence-corrected chi connectivity index (χ3v) is 1.41. The van der Waals surface area contributed by atoms with Gasteiger partial charge in [-0.1, -0.05) is 19.1 Å². The van der Waals surface area contributed by atoms with Gasteiger partial charge in [-0.3, -0.25) is 5.10 Å². The van der Waals surface area contributed by atoms with Gasteiger partial charge in [-0.2, -0.15) is 10.3 Å². The average Bonchev–Trinajstić information content (AvgIpc) is 2.75. The first-order valence-electron chi connectivity index (χ1n) is 4.25. The fraction of sp³-hybridized carbons (Fsp3) is 0.571. The normalized spacial score (nSPS) is 9.71. The number of hydrogen-bond acceptors (Lipinski definition) is 5. The van der Waals surface area contributed by atoms with Crippen molar-refractivity contribution >= 4 is 0 Å². The van der Waals surface area contributed by atoms with Gasteiger partial charge < -0.3 is 0 Å². The summed E-state index contributed by atoms with van der Waals surface area (Å²) in [4.78, 5) is 3.75. The van der Waals surface area contributed by atoms with Crippen molar-refractivity contribution in [2.24, 2.45) is 0 Å². The summed E-state index contributed by atoms with van der Waals surface area (Å²) < 4.78 is 0. The standard InChI is InChI=1S/C4H8N4.C3H5N3/c1-3(2)4-5-7-8-6-4;1-3-4-2-5-6-3/h3H,1-2H3,(H,5,6,7,8);2H,1H3,(H,4,5,6). The van der Waals surface area contributed by atoms with Crippen LogP contribution in [0.15, 0.2) is 6.33 Å². The first-order chi connectivity index (χ1) is 6.70. The SMILES string of the molecule is CC(C)c1nn[nH]n1.Cc1ncn[nH]1. The molecule has 76 valence electrons. The van der Waals surface area contributed by atoms with Crippen LogP contribution in [0.1, 0.15) is 31.4 Å². The van der Waals surface area contributed by atoms with Crippen molar-refractivity contribution in [2.75, 3.05) is 0 Å². The highest BCUT2D eigenvalue weighted by atomic mass is 15.5. The van der Waals surface area contributed by atoms with Crippen LogP contribution in [-0.2, 0) is 0 Å². The molecule has 0 atom stereocenters. The summed E-state index contributed by atoms with van der Waals surface area (Å²) in [5.74, 6) is 1.99. The number of rotatable bonds is 1. The third-order valence-electron chi connectivity index (χ3n) is 1.41. The minimum Gasteiger partial charge on any atom is -0.264 e. The van der Waals surface area contributed by atoms with Gasteiger partial charge in [0.2, 0.25) is 0 Å². The van der Waals surface area contributed by atoms with Crippen molar-refractivity contribution in [3.63, 3.8) is 0 Å². The molecule has 2 rings (SSSR count). The summed E-state index contributed by atoms with van der Waals surface area (Å²) in [6.45, 7) is 5.89. The van der Waals surface area contributed by atoms with Crippen LogP contribution in [0.2, 0.25) is 0 Å². The lowest BCUT2D eigenvalue weighted by atomic mass is 10.2. The molecular weight excluding hydrogens is 182 g/mol. The highest BCUT2D eigenvalue weighted by molar-refractivity contribution is 4.83. The van der Waals surface area contributed by atoms with Crippen LogP contribution in [0.25, 0.3) is 0 Å². The van der Waals surface area contributed by atoms with Gasteiger partial charge in [0.25, 0.3) is 0 Å². The fourth-order valence-corrected chi connectivity index (χ4v) is 0.681. The quantitative estimate of drug-likeness (QED) is 0.688. The number of aromatic nitrogens is 7. The van der Waals surface area contributed by atoms with Gasteiger partial charge >= 0.3 is 0 Å². The van der Waals surface area contributed by atoms with Gasteiger partial charge in [-0.15, -0.1) is 10.2 Å². The molecule has 0 aromatic carbocycles. The van der Waals surface area contributed by atoms with Crippen LogP contribution >= 0.6 is 0 Å². The smallest absolute Gasteiger partial charge is 0.177 e. The molecule has 0 bridgehead atoms. The van der Waals surface area contributed by atoms with Crippen molar-refractivity contribution in [2.45, 2.75) is 26.7 Å². The highest BCUT2D eigenvalue weighted by Gasteiger charge is 2.00. The summed E-state index contributed by atoms with van der Waals surface area (Å²) in [5.41, 5.74) is 0. The largest absolute Gasteiger partial charge is 0.264 e. The van der Waals surface area contributed by atoms with Crippen LogP contribution in [0.3, 0.4) is 0 Å². The Morgan fingerprint density at radius 3 is 2.36 bits per heavy atom. The van der Waals surface area contributed by atoms with Gasteiger partial charge in [0.15, 0.2) is 5.82 Å². The van der Waals surface area contributed by atoms with Crippen molar-refractivity contribution in [1.29, 1.82) is 0 Å². The molecule has 0 amide bonds. The summed E-state index contributed by atoms with van der Waals surface area (Å²) in [6.07, 6.45) is 1.48. The molecule has 0 aliphatic heterocycles. The Morgan fingerprint density at radius 2 is 2.14 bits per heavy atom. The van der Waals surface area contributed by atoms with E-state index in [0.717, 1.165) is 11.6 Å². The van der Waals surface area contributed by atoms with Crippen LogP contribution in [0, 0.1) is 6.92 Å². The molecule has 0 saturated carbocycles. The zero-order valence-corrected chi connectivity index (χ0v) is 8.39. The number of aryl methyl sites for hydroxylation is 1. The maximum absolute atomic E-state index is 3.77.